The van der Waals surface area contributed by atoms with Crippen molar-refractivity contribution in [2.45, 2.75) is 91.3 Å². The lowest BCUT2D eigenvalue weighted by Crippen LogP contribution is -2.42. The minimum absolute atomic E-state index is 0.174. The van der Waals surface area contributed by atoms with Crippen LogP contribution in [0.1, 0.15) is 77.3 Å². The van der Waals surface area contributed by atoms with Gasteiger partial charge in [0.1, 0.15) is 17.6 Å². The van der Waals surface area contributed by atoms with Gasteiger partial charge in [-0.3, -0.25) is 0 Å². The summed E-state index contributed by atoms with van der Waals surface area (Å²) in [5.41, 5.74) is 3.64. The molecule has 1 aromatic rings. The number of cyclic esters (lactones) is 1. The van der Waals surface area contributed by atoms with Gasteiger partial charge in [0.05, 0.1) is 5.60 Å². The highest BCUT2D eigenvalue weighted by molar-refractivity contribution is 5.89. The van der Waals surface area contributed by atoms with E-state index < -0.39 is 11.7 Å². The predicted octanol–water partition coefficient (Wildman–Crippen LogP) is 5.80. The fourth-order valence-corrected chi connectivity index (χ4v) is 3.83. The first kappa shape index (κ1) is 25.7. The highest BCUT2D eigenvalue weighted by Gasteiger charge is 2.34. The van der Waals surface area contributed by atoms with E-state index in [0.29, 0.717) is 30.4 Å². The van der Waals surface area contributed by atoms with Gasteiger partial charge in [0.2, 0.25) is 0 Å². The van der Waals surface area contributed by atoms with Gasteiger partial charge in [-0.15, -0.1) is 0 Å². The van der Waals surface area contributed by atoms with Gasteiger partial charge in [0, 0.05) is 11.1 Å². The van der Waals surface area contributed by atoms with Gasteiger partial charge in [-0.2, -0.15) is 0 Å². The third-order valence-electron chi connectivity index (χ3n) is 5.97. The summed E-state index contributed by atoms with van der Waals surface area (Å²) in [5, 5.41) is 29.9. The number of benzene rings is 1. The summed E-state index contributed by atoms with van der Waals surface area (Å²) < 4.78 is 5.38. The fourth-order valence-electron chi connectivity index (χ4n) is 3.83. The average Bonchev–Trinajstić information content (AvgIpc) is 2.70. The first-order valence-corrected chi connectivity index (χ1v) is 11.4. The summed E-state index contributed by atoms with van der Waals surface area (Å²) in [7, 11) is 0. The molecule has 0 radical (unpaired) electrons. The Bertz CT molecular complexity index is 899. The molecular weight excluding hydrogens is 404 g/mol. The number of allylic oxidation sites excluding steroid dienone is 5. The van der Waals surface area contributed by atoms with Crippen LogP contribution in [-0.4, -0.2) is 33.0 Å². The molecule has 176 valence electrons. The normalized spacial score (nSPS) is 19.4. The molecule has 1 aromatic carbocycles. The van der Waals surface area contributed by atoms with E-state index >= 15 is 0 Å². The Kier molecular flexibility index (Phi) is 9.14. The third-order valence-corrected chi connectivity index (χ3v) is 5.97. The molecule has 32 heavy (non-hydrogen) atoms. The average molecular weight is 443 g/mol. The van der Waals surface area contributed by atoms with Crippen molar-refractivity contribution in [3.8, 4) is 11.5 Å². The topological polar surface area (TPSA) is 87.0 Å². The molecule has 1 fully saturated rings. The Hall–Kier alpha value is -2.53. The van der Waals surface area contributed by atoms with Crippen LogP contribution in [0.2, 0.25) is 0 Å². The van der Waals surface area contributed by atoms with Crippen LogP contribution < -0.4 is 0 Å². The number of carbonyl (C=O) groups is 1. The van der Waals surface area contributed by atoms with Crippen LogP contribution in [0.4, 0.5) is 0 Å². The Labute approximate surface area is 192 Å². The molecule has 0 aliphatic carbocycles. The summed E-state index contributed by atoms with van der Waals surface area (Å²) in [6, 6.07) is 3.17. The van der Waals surface area contributed by atoms with Crippen molar-refractivity contribution in [3.05, 3.63) is 58.2 Å². The number of carbonyl (C=O) groups excluding carboxylic acids is 1. The Morgan fingerprint density at radius 1 is 1.12 bits per heavy atom. The summed E-state index contributed by atoms with van der Waals surface area (Å²) in [6.45, 7) is 9.30. The molecule has 0 amide bonds. The molecule has 2 rings (SSSR count). The van der Waals surface area contributed by atoms with E-state index in [1.165, 1.54) is 11.1 Å². The van der Waals surface area contributed by atoms with Crippen LogP contribution in [0.15, 0.2) is 47.1 Å². The minimum Gasteiger partial charge on any atom is -0.508 e. The summed E-state index contributed by atoms with van der Waals surface area (Å²) in [6.07, 6.45) is 11.3. The Morgan fingerprint density at radius 2 is 1.78 bits per heavy atom. The van der Waals surface area contributed by atoms with Gasteiger partial charge in [0.15, 0.2) is 0 Å². The minimum atomic E-state index is -1.00. The largest absolute Gasteiger partial charge is 0.508 e. The maximum Gasteiger partial charge on any atom is 0.334 e. The lowest BCUT2D eigenvalue weighted by molar-refractivity contribution is -0.162. The van der Waals surface area contributed by atoms with Gasteiger partial charge in [-0.25, -0.2) is 4.79 Å². The molecule has 1 atom stereocenters. The van der Waals surface area contributed by atoms with Crippen LogP contribution in [-0.2, 0) is 16.0 Å². The zero-order valence-corrected chi connectivity index (χ0v) is 20.1. The van der Waals surface area contributed by atoms with Crippen molar-refractivity contribution in [3.63, 3.8) is 0 Å². The van der Waals surface area contributed by atoms with Crippen molar-refractivity contribution in [1.82, 2.24) is 0 Å². The van der Waals surface area contributed by atoms with Crippen molar-refractivity contribution in [2.75, 3.05) is 0 Å². The number of hydrogen-bond acceptors (Lipinski definition) is 5. The third kappa shape index (κ3) is 7.86. The highest BCUT2D eigenvalue weighted by atomic mass is 16.6. The summed E-state index contributed by atoms with van der Waals surface area (Å²) >= 11 is 0. The number of aromatic hydroxyl groups is 2. The smallest absolute Gasteiger partial charge is 0.334 e. The van der Waals surface area contributed by atoms with Gasteiger partial charge in [-0.05, 0) is 97.3 Å². The fraction of sp³-hybridized carbons (Fsp3) is 0.519. The molecule has 5 heteroatoms. The quantitative estimate of drug-likeness (QED) is 0.195. The van der Waals surface area contributed by atoms with Crippen molar-refractivity contribution < 1.29 is 24.9 Å². The molecule has 1 aliphatic heterocycles. The monoisotopic (exact) mass is 442 g/mol. The molecule has 3 N–H and O–H groups in total. The van der Waals surface area contributed by atoms with Gasteiger partial charge >= 0.3 is 5.97 Å². The number of ether oxygens (including phenoxy) is 1. The van der Waals surface area contributed by atoms with E-state index in [1.807, 2.05) is 6.08 Å². The summed E-state index contributed by atoms with van der Waals surface area (Å²) in [4.78, 5) is 12.1. The Morgan fingerprint density at radius 3 is 2.44 bits per heavy atom. The van der Waals surface area contributed by atoms with E-state index in [9.17, 15) is 20.1 Å². The van der Waals surface area contributed by atoms with E-state index in [-0.39, 0.29) is 17.5 Å². The van der Waals surface area contributed by atoms with Crippen LogP contribution in [0.3, 0.4) is 0 Å². The lowest BCUT2D eigenvalue weighted by atomic mass is 9.92. The molecule has 5 nitrogen and oxygen atoms in total. The van der Waals surface area contributed by atoms with Crippen LogP contribution in [0, 0.1) is 6.92 Å². The van der Waals surface area contributed by atoms with E-state index in [1.54, 1.807) is 32.9 Å². The number of aryl methyl sites for hydroxylation is 1. The van der Waals surface area contributed by atoms with Crippen LogP contribution >= 0.6 is 0 Å². The number of phenolic OH excluding ortho intramolecular Hbond substituents is 2. The maximum atomic E-state index is 12.1. The lowest BCUT2D eigenvalue weighted by Gasteiger charge is -2.32. The van der Waals surface area contributed by atoms with Gasteiger partial charge < -0.3 is 20.1 Å². The zero-order chi connectivity index (χ0) is 23.9. The molecule has 1 heterocycles. The molecule has 0 spiro atoms. The number of rotatable bonds is 9. The van der Waals surface area contributed by atoms with E-state index in [4.69, 9.17) is 4.74 Å². The molecule has 0 bridgehead atoms. The highest BCUT2D eigenvalue weighted by Crippen LogP contribution is 2.29. The van der Waals surface area contributed by atoms with Crippen LogP contribution in [0.5, 0.6) is 11.5 Å². The van der Waals surface area contributed by atoms with Gasteiger partial charge in [0.25, 0.3) is 0 Å². The first-order chi connectivity index (χ1) is 15.0. The second-order valence-corrected chi connectivity index (χ2v) is 9.47. The van der Waals surface area contributed by atoms with Gasteiger partial charge in [-0.1, -0.05) is 29.4 Å². The molecule has 0 aromatic heterocycles. The summed E-state index contributed by atoms with van der Waals surface area (Å²) in [5.74, 6) is 0.112. The molecule has 1 unspecified atom stereocenters. The van der Waals surface area contributed by atoms with Crippen molar-refractivity contribution >= 4 is 5.97 Å². The Balaban J connectivity index is 1.77. The number of hydrogen-bond donors (Lipinski definition) is 3. The van der Waals surface area contributed by atoms with Crippen molar-refractivity contribution in [1.29, 1.82) is 0 Å². The van der Waals surface area contributed by atoms with Crippen molar-refractivity contribution in [2.24, 2.45) is 0 Å². The zero-order valence-electron chi connectivity index (χ0n) is 20.1. The molecular formula is C27H38O5. The predicted molar refractivity (Wildman–Crippen MR) is 128 cm³/mol. The number of phenols is 2. The number of esters is 1. The first-order valence-electron chi connectivity index (χ1n) is 11.4. The second-order valence-electron chi connectivity index (χ2n) is 9.47. The van der Waals surface area contributed by atoms with E-state index in [0.717, 1.165) is 31.2 Å². The van der Waals surface area contributed by atoms with Crippen LogP contribution in [0.25, 0.3) is 0 Å². The second kappa shape index (κ2) is 11.4. The maximum absolute atomic E-state index is 12.1. The van der Waals surface area contributed by atoms with E-state index in [2.05, 4.69) is 26.0 Å². The molecule has 0 saturated carbocycles. The number of aliphatic hydroxyl groups is 1. The SMILES string of the molecule is C/C(=C\CC/C(C)=C/Cc1cc(O)cc(C)c1O)CC/C=C1/CCC(C(C)(C)O)OC1=O. The molecule has 1 aliphatic rings. The molecule has 1 saturated heterocycles. The standard InChI is InChI=1S/C27H38O5/c1-18(10-7-11-21-14-15-24(27(4,5)31)32-26(21)30)8-6-9-19(2)12-13-22-17-23(28)16-20(3)25(22)29/h8,11-12,16-17,24,28-29,31H,6-7,9-10,13-15H2,1-5H3/b18-8+,19-12+,21-11-.